The first-order valence-electron chi connectivity index (χ1n) is 6.91. The summed E-state index contributed by atoms with van der Waals surface area (Å²) in [7, 11) is 0. The fourth-order valence-electron chi connectivity index (χ4n) is 2.41. The van der Waals surface area contributed by atoms with Gasteiger partial charge in [0.2, 0.25) is 5.91 Å². The molecule has 1 unspecified atom stereocenters. The van der Waals surface area contributed by atoms with Crippen LogP contribution in [-0.4, -0.2) is 12.5 Å². The highest BCUT2D eigenvalue weighted by molar-refractivity contribution is 5.93. The van der Waals surface area contributed by atoms with Crippen LogP contribution in [0, 0.1) is 18.7 Å². The summed E-state index contributed by atoms with van der Waals surface area (Å²) >= 11 is 0. The Hall–Kier alpha value is -2.36. The SMILES string of the molecule is Cc1ccc(NC(=O)C2COc3ccccc3C2)cc1F. The van der Waals surface area contributed by atoms with Crippen molar-refractivity contribution in [3.05, 3.63) is 59.4 Å². The molecular weight excluding hydrogens is 269 g/mol. The number of aryl methyl sites for hydroxylation is 1. The molecule has 0 aliphatic carbocycles. The van der Waals surface area contributed by atoms with Crippen LogP contribution in [-0.2, 0) is 11.2 Å². The van der Waals surface area contributed by atoms with Gasteiger partial charge in [0.05, 0.1) is 5.92 Å². The van der Waals surface area contributed by atoms with Crippen molar-refractivity contribution < 1.29 is 13.9 Å². The Labute approximate surface area is 122 Å². The number of fused-ring (bicyclic) bond motifs is 1. The van der Waals surface area contributed by atoms with Crippen molar-refractivity contribution in [2.24, 2.45) is 5.92 Å². The molecule has 0 saturated heterocycles. The molecule has 1 aliphatic heterocycles. The lowest BCUT2D eigenvalue weighted by Crippen LogP contribution is -2.32. The maximum Gasteiger partial charge on any atom is 0.231 e. The molecule has 0 bridgehead atoms. The van der Waals surface area contributed by atoms with Crippen molar-refractivity contribution in [3.63, 3.8) is 0 Å². The van der Waals surface area contributed by atoms with Crippen LogP contribution in [0.2, 0.25) is 0 Å². The third-order valence-electron chi connectivity index (χ3n) is 3.69. The molecule has 0 spiro atoms. The monoisotopic (exact) mass is 285 g/mol. The molecular formula is C17H16FNO2. The lowest BCUT2D eigenvalue weighted by molar-refractivity contribution is -0.121. The summed E-state index contributed by atoms with van der Waals surface area (Å²) in [4.78, 5) is 12.3. The van der Waals surface area contributed by atoms with Crippen molar-refractivity contribution in [1.82, 2.24) is 0 Å². The molecule has 2 aromatic rings. The summed E-state index contributed by atoms with van der Waals surface area (Å²) in [5, 5.41) is 2.75. The van der Waals surface area contributed by atoms with E-state index >= 15 is 0 Å². The second kappa shape index (κ2) is 5.56. The summed E-state index contributed by atoms with van der Waals surface area (Å²) in [5.74, 6) is 0.109. The van der Waals surface area contributed by atoms with Crippen LogP contribution in [0.25, 0.3) is 0 Å². The van der Waals surface area contributed by atoms with Crippen LogP contribution >= 0.6 is 0 Å². The van der Waals surface area contributed by atoms with Crippen molar-refractivity contribution in [2.75, 3.05) is 11.9 Å². The molecule has 2 aromatic carbocycles. The second-order valence-electron chi connectivity index (χ2n) is 5.27. The first-order chi connectivity index (χ1) is 10.1. The van der Waals surface area contributed by atoms with Gasteiger partial charge in [-0.1, -0.05) is 24.3 Å². The van der Waals surface area contributed by atoms with Crippen molar-refractivity contribution >= 4 is 11.6 Å². The molecule has 0 saturated carbocycles. The number of benzene rings is 2. The molecule has 108 valence electrons. The number of hydrogen-bond acceptors (Lipinski definition) is 2. The number of carbonyl (C=O) groups excluding carboxylic acids is 1. The maximum atomic E-state index is 13.5. The number of halogens is 1. The molecule has 1 aliphatic rings. The van der Waals surface area contributed by atoms with E-state index in [0.29, 0.717) is 24.3 Å². The Morgan fingerprint density at radius 1 is 1.29 bits per heavy atom. The van der Waals surface area contributed by atoms with Gasteiger partial charge in [-0.15, -0.1) is 0 Å². The molecule has 0 fully saturated rings. The Kier molecular flexibility index (Phi) is 3.60. The fraction of sp³-hybridized carbons (Fsp3) is 0.235. The Balaban J connectivity index is 1.70. The third-order valence-corrected chi connectivity index (χ3v) is 3.69. The summed E-state index contributed by atoms with van der Waals surface area (Å²) in [5.41, 5.74) is 2.06. The maximum absolute atomic E-state index is 13.5. The Morgan fingerprint density at radius 2 is 2.10 bits per heavy atom. The highest BCUT2D eigenvalue weighted by Gasteiger charge is 2.25. The average Bonchev–Trinajstić information content (AvgIpc) is 2.50. The summed E-state index contributed by atoms with van der Waals surface area (Å²) < 4.78 is 19.1. The van der Waals surface area contributed by atoms with Gasteiger partial charge in [-0.05, 0) is 42.7 Å². The predicted molar refractivity (Wildman–Crippen MR) is 78.9 cm³/mol. The molecule has 1 N–H and O–H groups in total. The van der Waals surface area contributed by atoms with Gasteiger partial charge in [-0.3, -0.25) is 4.79 Å². The van der Waals surface area contributed by atoms with E-state index in [4.69, 9.17) is 4.74 Å². The number of rotatable bonds is 2. The zero-order valence-electron chi connectivity index (χ0n) is 11.7. The Morgan fingerprint density at radius 3 is 2.90 bits per heavy atom. The molecule has 1 atom stereocenters. The van der Waals surface area contributed by atoms with E-state index in [0.717, 1.165) is 11.3 Å². The van der Waals surface area contributed by atoms with E-state index in [1.807, 2.05) is 24.3 Å². The smallest absolute Gasteiger partial charge is 0.231 e. The molecule has 3 nitrogen and oxygen atoms in total. The van der Waals surface area contributed by atoms with Gasteiger partial charge in [-0.25, -0.2) is 4.39 Å². The first kappa shape index (κ1) is 13.6. The normalized spacial score (nSPS) is 16.8. The minimum Gasteiger partial charge on any atom is -0.492 e. The molecule has 3 rings (SSSR count). The highest BCUT2D eigenvalue weighted by Crippen LogP contribution is 2.27. The number of carbonyl (C=O) groups is 1. The van der Waals surface area contributed by atoms with Crippen molar-refractivity contribution in [2.45, 2.75) is 13.3 Å². The number of amides is 1. The van der Waals surface area contributed by atoms with Gasteiger partial charge >= 0.3 is 0 Å². The zero-order chi connectivity index (χ0) is 14.8. The lowest BCUT2D eigenvalue weighted by atomic mass is 9.96. The van der Waals surface area contributed by atoms with Crippen LogP contribution in [0.3, 0.4) is 0 Å². The number of nitrogens with one attached hydrogen (secondary N) is 1. The summed E-state index contributed by atoms with van der Waals surface area (Å²) in [6.07, 6.45) is 0.635. The zero-order valence-corrected chi connectivity index (χ0v) is 11.7. The quantitative estimate of drug-likeness (QED) is 0.919. The number of ether oxygens (including phenoxy) is 1. The van der Waals surface area contributed by atoms with E-state index in [9.17, 15) is 9.18 Å². The topological polar surface area (TPSA) is 38.3 Å². The van der Waals surface area contributed by atoms with Gasteiger partial charge in [-0.2, -0.15) is 0 Å². The number of anilines is 1. The molecule has 0 radical (unpaired) electrons. The van der Waals surface area contributed by atoms with Crippen molar-refractivity contribution in [1.29, 1.82) is 0 Å². The lowest BCUT2D eigenvalue weighted by Gasteiger charge is -2.24. The van der Waals surface area contributed by atoms with Crippen LogP contribution in [0.15, 0.2) is 42.5 Å². The van der Waals surface area contributed by atoms with Crippen LogP contribution < -0.4 is 10.1 Å². The third kappa shape index (κ3) is 2.89. The van der Waals surface area contributed by atoms with E-state index < -0.39 is 0 Å². The van der Waals surface area contributed by atoms with E-state index in [2.05, 4.69) is 5.32 Å². The first-order valence-corrected chi connectivity index (χ1v) is 6.91. The molecule has 1 amide bonds. The van der Waals surface area contributed by atoms with E-state index in [1.165, 1.54) is 6.07 Å². The molecule has 21 heavy (non-hydrogen) atoms. The van der Waals surface area contributed by atoms with Crippen LogP contribution in [0.5, 0.6) is 5.75 Å². The van der Waals surface area contributed by atoms with Gasteiger partial charge in [0.1, 0.15) is 18.2 Å². The fourth-order valence-corrected chi connectivity index (χ4v) is 2.41. The van der Waals surface area contributed by atoms with Gasteiger partial charge in [0.15, 0.2) is 0 Å². The molecule has 4 heteroatoms. The minimum atomic E-state index is -0.321. The van der Waals surface area contributed by atoms with Crippen molar-refractivity contribution in [3.8, 4) is 5.75 Å². The van der Waals surface area contributed by atoms with E-state index in [1.54, 1.807) is 19.1 Å². The number of hydrogen-bond donors (Lipinski definition) is 1. The standard InChI is InChI=1S/C17H16FNO2/c1-11-6-7-14(9-15(11)18)19-17(20)13-8-12-4-2-3-5-16(12)21-10-13/h2-7,9,13H,8,10H2,1H3,(H,19,20). The molecule has 1 heterocycles. The second-order valence-corrected chi connectivity index (χ2v) is 5.27. The van der Waals surface area contributed by atoms with E-state index in [-0.39, 0.29) is 17.6 Å². The Bertz CT molecular complexity index is 684. The predicted octanol–water partition coefficient (Wildman–Crippen LogP) is 3.32. The minimum absolute atomic E-state index is 0.146. The van der Waals surface area contributed by atoms with Gasteiger partial charge < -0.3 is 10.1 Å². The van der Waals surface area contributed by atoms with Crippen LogP contribution in [0.4, 0.5) is 10.1 Å². The summed E-state index contributed by atoms with van der Waals surface area (Å²) in [6.45, 7) is 2.03. The van der Waals surface area contributed by atoms with Gasteiger partial charge in [0.25, 0.3) is 0 Å². The molecule has 0 aromatic heterocycles. The largest absolute Gasteiger partial charge is 0.492 e. The van der Waals surface area contributed by atoms with Crippen LogP contribution in [0.1, 0.15) is 11.1 Å². The average molecular weight is 285 g/mol. The van der Waals surface area contributed by atoms with Gasteiger partial charge in [0, 0.05) is 5.69 Å². The summed E-state index contributed by atoms with van der Waals surface area (Å²) in [6, 6.07) is 12.4. The highest BCUT2D eigenvalue weighted by atomic mass is 19.1. The number of para-hydroxylation sites is 1.